The van der Waals surface area contributed by atoms with E-state index in [1.165, 1.54) is 12.8 Å². The van der Waals surface area contributed by atoms with Crippen molar-refractivity contribution >= 4 is 17.3 Å². The molecule has 6 heteroatoms. The predicted octanol–water partition coefficient (Wildman–Crippen LogP) is 3.72. The summed E-state index contributed by atoms with van der Waals surface area (Å²) in [5, 5.41) is 12.7. The molecule has 0 amide bonds. The van der Waals surface area contributed by atoms with Gasteiger partial charge in [-0.2, -0.15) is 0 Å². The summed E-state index contributed by atoms with van der Waals surface area (Å²) in [4.78, 5) is 0. The molecule has 0 radical (unpaired) electrons. The lowest BCUT2D eigenvalue weighted by atomic mass is 9.75. The van der Waals surface area contributed by atoms with Gasteiger partial charge in [0.15, 0.2) is 5.82 Å². The molecule has 0 spiro atoms. The summed E-state index contributed by atoms with van der Waals surface area (Å²) in [7, 11) is 0. The summed E-state index contributed by atoms with van der Waals surface area (Å²) < 4.78 is 1.91. The summed E-state index contributed by atoms with van der Waals surface area (Å²) in [5.74, 6) is 0.708. The second-order valence-corrected chi connectivity index (χ2v) is 6.95. The van der Waals surface area contributed by atoms with E-state index in [0.717, 1.165) is 18.4 Å². The lowest BCUT2D eigenvalue weighted by Gasteiger charge is -2.34. The molecular formula is C15H20ClN5. The number of nitrogens with zero attached hydrogens (tertiary/aromatic N) is 4. The van der Waals surface area contributed by atoms with Gasteiger partial charge in [-0.1, -0.05) is 31.5 Å². The fraction of sp³-hybridized carbons (Fsp3) is 0.533. The lowest BCUT2D eigenvalue weighted by molar-refractivity contribution is 0.185. The summed E-state index contributed by atoms with van der Waals surface area (Å²) in [5.41, 5.74) is 7.83. The Morgan fingerprint density at radius 3 is 2.71 bits per heavy atom. The molecule has 1 fully saturated rings. The summed E-state index contributed by atoms with van der Waals surface area (Å²) >= 11 is 6.10. The van der Waals surface area contributed by atoms with Crippen molar-refractivity contribution in [3.63, 3.8) is 0 Å². The molecule has 0 bridgehead atoms. The average Bonchev–Trinajstić information content (AvgIpc) is 2.91. The molecule has 3 rings (SSSR count). The highest BCUT2D eigenvalue weighted by Gasteiger charge is 2.30. The van der Waals surface area contributed by atoms with Crippen LogP contribution < -0.4 is 5.73 Å². The summed E-state index contributed by atoms with van der Waals surface area (Å²) in [6, 6.07) is 5.90. The molecule has 0 saturated heterocycles. The Bertz CT molecular complexity index is 639. The molecule has 112 valence electrons. The minimum absolute atomic E-state index is 0.335. The maximum atomic E-state index is 6.10. The van der Waals surface area contributed by atoms with E-state index in [0.29, 0.717) is 28.0 Å². The van der Waals surface area contributed by atoms with Crippen molar-refractivity contribution < 1.29 is 0 Å². The highest BCUT2D eigenvalue weighted by molar-refractivity contribution is 6.33. The van der Waals surface area contributed by atoms with Crippen molar-refractivity contribution in [1.29, 1.82) is 0 Å². The molecule has 1 aromatic heterocycles. The number of benzene rings is 1. The van der Waals surface area contributed by atoms with E-state index in [4.69, 9.17) is 17.3 Å². The zero-order valence-corrected chi connectivity index (χ0v) is 13.1. The number of hydrogen-bond donors (Lipinski definition) is 1. The van der Waals surface area contributed by atoms with Crippen molar-refractivity contribution in [2.45, 2.75) is 45.6 Å². The van der Waals surface area contributed by atoms with Gasteiger partial charge in [0.05, 0.1) is 16.8 Å². The molecule has 0 unspecified atom stereocenters. The minimum atomic E-state index is 0.335. The van der Waals surface area contributed by atoms with Gasteiger partial charge in [-0.3, -0.25) is 0 Å². The van der Waals surface area contributed by atoms with Crippen molar-refractivity contribution in [1.82, 2.24) is 20.2 Å². The van der Waals surface area contributed by atoms with Gasteiger partial charge in [0, 0.05) is 5.56 Å². The smallest absolute Gasteiger partial charge is 0.184 e. The Labute approximate surface area is 129 Å². The van der Waals surface area contributed by atoms with Crippen LogP contribution in [0.4, 0.5) is 5.69 Å². The molecule has 2 aromatic rings. The average molecular weight is 306 g/mol. The first-order valence-corrected chi connectivity index (χ1v) is 7.68. The Morgan fingerprint density at radius 1 is 1.29 bits per heavy atom. The van der Waals surface area contributed by atoms with Crippen LogP contribution in [0, 0.1) is 5.41 Å². The first-order valence-electron chi connectivity index (χ1n) is 7.30. The van der Waals surface area contributed by atoms with Gasteiger partial charge < -0.3 is 5.73 Å². The van der Waals surface area contributed by atoms with E-state index >= 15 is 0 Å². The first kappa shape index (κ1) is 14.3. The Hall–Kier alpha value is -1.62. The molecule has 1 aliphatic carbocycles. The number of tetrazole rings is 1. The van der Waals surface area contributed by atoms with Crippen LogP contribution in [0.25, 0.3) is 11.4 Å². The van der Waals surface area contributed by atoms with Gasteiger partial charge in [0.2, 0.25) is 0 Å². The SMILES string of the molecule is CC1(C)CCC(n2nnnc2-c2cccc(Cl)c2N)CC1. The first-order chi connectivity index (χ1) is 9.98. The highest BCUT2D eigenvalue weighted by atomic mass is 35.5. The van der Waals surface area contributed by atoms with E-state index in [9.17, 15) is 0 Å². The van der Waals surface area contributed by atoms with E-state index in [1.54, 1.807) is 6.07 Å². The number of nitrogen functional groups attached to an aromatic ring is 1. The Morgan fingerprint density at radius 2 is 2.00 bits per heavy atom. The standard InChI is InChI=1S/C15H20ClN5/c1-15(2)8-6-10(7-9-15)21-14(18-19-20-21)11-4-3-5-12(16)13(11)17/h3-5,10H,6-9,17H2,1-2H3. The van der Waals surface area contributed by atoms with E-state index in [1.807, 2.05) is 16.8 Å². The van der Waals surface area contributed by atoms with Crippen LogP contribution in [0.5, 0.6) is 0 Å². The third-order valence-corrected chi connectivity index (χ3v) is 4.77. The van der Waals surface area contributed by atoms with Gasteiger partial charge >= 0.3 is 0 Å². The fourth-order valence-corrected chi connectivity index (χ4v) is 3.15. The van der Waals surface area contributed by atoms with Gasteiger partial charge in [-0.25, -0.2) is 4.68 Å². The summed E-state index contributed by atoms with van der Waals surface area (Å²) in [6.45, 7) is 4.64. The predicted molar refractivity (Wildman–Crippen MR) is 84.0 cm³/mol. The number of aromatic nitrogens is 4. The van der Waals surface area contributed by atoms with Crippen LogP contribution in [0.3, 0.4) is 0 Å². The highest BCUT2D eigenvalue weighted by Crippen LogP contribution is 2.41. The molecule has 0 aliphatic heterocycles. The fourth-order valence-electron chi connectivity index (χ4n) is 2.98. The Balaban J connectivity index is 1.93. The number of rotatable bonds is 2. The third kappa shape index (κ3) is 2.75. The Kier molecular flexibility index (Phi) is 3.61. The van der Waals surface area contributed by atoms with Crippen LogP contribution in [0.15, 0.2) is 18.2 Å². The molecule has 5 nitrogen and oxygen atoms in total. The quantitative estimate of drug-likeness (QED) is 0.859. The molecule has 1 saturated carbocycles. The maximum absolute atomic E-state index is 6.10. The number of halogens is 1. The lowest BCUT2D eigenvalue weighted by Crippen LogP contribution is -2.24. The van der Waals surface area contributed by atoms with Gasteiger partial charge in [0.25, 0.3) is 0 Å². The van der Waals surface area contributed by atoms with Gasteiger partial charge in [-0.15, -0.1) is 5.10 Å². The van der Waals surface area contributed by atoms with Crippen molar-refractivity contribution in [2.24, 2.45) is 5.41 Å². The van der Waals surface area contributed by atoms with Gasteiger partial charge in [-0.05, 0) is 53.7 Å². The van der Waals surface area contributed by atoms with Crippen LogP contribution in [-0.2, 0) is 0 Å². The monoisotopic (exact) mass is 305 g/mol. The number of hydrogen-bond acceptors (Lipinski definition) is 4. The topological polar surface area (TPSA) is 69.6 Å². The van der Waals surface area contributed by atoms with E-state index in [2.05, 4.69) is 29.4 Å². The molecule has 2 N–H and O–H groups in total. The van der Waals surface area contributed by atoms with Crippen molar-refractivity contribution in [3.8, 4) is 11.4 Å². The molecule has 1 aliphatic rings. The number of nitrogens with two attached hydrogens (primary N) is 1. The van der Waals surface area contributed by atoms with Crippen LogP contribution in [0.1, 0.15) is 45.6 Å². The number of anilines is 1. The van der Waals surface area contributed by atoms with Crippen molar-refractivity contribution in [2.75, 3.05) is 5.73 Å². The largest absolute Gasteiger partial charge is 0.397 e. The van der Waals surface area contributed by atoms with Crippen LogP contribution in [-0.4, -0.2) is 20.2 Å². The second-order valence-electron chi connectivity index (χ2n) is 6.54. The van der Waals surface area contributed by atoms with E-state index in [-0.39, 0.29) is 0 Å². The maximum Gasteiger partial charge on any atom is 0.184 e. The van der Waals surface area contributed by atoms with E-state index < -0.39 is 0 Å². The molecule has 0 atom stereocenters. The van der Waals surface area contributed by atoms with Crippen LogP contribution >= 0.6 is 11.6 Å². The van der Waals surface area contributed by atoms with Crippen LogP contribution in [0.2, 0.25) is 5.02 Å². The molecular weight excluding hydrogens is 286 g/mol. The third-order valence-electron chi connectivity index (χ3n) is 4.44. The second kappa shape index (κ2) is 5.30. The van der Waals surface area contributed by atoms with Gasteiger partial charge in [0.1, 0.15) is 0 Å². The van der Waals surface area contributed by atoms with Crippen molar-refractivity contribution in [3.05, 3.63) is 23.2 Å². The number of para-hydroxylation sites is 1. The normalized spacial score (nSPS) is 18.8. The zero-order valence-electron chi connectivity index (χ0n) is 12.4. The minimum Gasteiger partial charge on any atom is -0.397 e. The molecule has 21 heavy (non-hydrogen) atoms. The molecule has 1 heterocycles. The zero-order chi connectivity index (χ0) is 15.0. The molecule has 1 aromatic carbocycles. The summed E-state index contributed by atoms with van der Waals surface area (Å²) in [6.07, 6.45) is 4.54.